The topological polar surface area (TPSA) is 84.6 Å². The second kappa shape index (κ2) is 7.73. The molecule has 2 unspecified atom stereocenters. The fourth-order valence-corrected chi connectivity index (χ4v) is 1.07. The van der Waals surface area contributed by atoms with Gasteiger partial charge in [0.2, 0.25) is 5.91 Å². The van der Waals surface area contributed by atoms with E-state index in [1.165, 1.54) is 7.11 Å². The van der Waals surface area contributed by atoms with Crippen LogP contribution >= 0.6 is 0 Å². The molecule has 0 saturated carbocycles. The van der Waals surface area contributed by atoms with Crippen LogP contribution in [0.2, 0.25) is 0 Å². The highest BCUT2D eigenvalue weighted by atomic mass is 16.5. The first kappa shape index (κ1) is 13.4. The first-order valence-corrected chi connectivity index (χ1v) is 4.80. The highest BCUT2D eigenvalue weighted by Crippen LogP contribution is 1.99. The zero-order chi connectivity index (χ0) is 11.0. The summed E-state index contributed by atoms with van der Waals surface area (Å²) in [4.78, 5) is 11.4. The number of carbonyl (C=O) groups excluding carboxylic acids is 1. The highest BCUT2D eigenvalue weighted by Gasteiger charge is 2.14. The zero-order valence-corrected chi connectivity index (χ0v) is 8.82. The lowest BCUT2D eigenvalue weighted by molar-refractivity contribution is -0.125. The number of ether oxygens (including phenoxy) is 1. The van der Waals surface area contributed by atoms with Crippen LogP contribution in [-0.2, 0) is 9.53 Å². The molecule has 14 heavy (non-hydrogen) atoms. The molecule has 1 amide bonds. The lowest BCUT2D eigenvalue weighted by atomic mass is 10.1. The van der Waals surface area contributed by atoms with E-state index in [1.54, 1.807) is 0 Å². The molecule has 0 aromatic rings. The molecular formula is C9H20N2O3. The largest absolute Gasteiger partial charge is 0.389 e. The molecule has 0 aliphatic rings. The van der Waals surface area contributed by atoms with E-state index in [0.717, 1.165) is 0 Å². The first-order chi connectivity index (χ1) is 6.65. The summed E-state index contributed by atoms with van der Waals surface area (Å²) in [6.45, 7) is 2.67. The molecule has 84 valence electrons. The number of carbonyl (C=O) groups is 1. The van der Waals surface area contributed by atoms with Crippen LogP contribution in [0, 0.1) is 5.92 Å². The molecule has 0 aliphatic heterocycles. The number of nitrogens with two attached hydrogens (primary N) is 1. The van der Waals surface area contributed by atoms with Crippen LogP contribution in [0.1, 0.15) is 13.3 Å². The molecule has 5 nitrogen and oxygen atoms in total. The minimum Gasteiger partial charge on any atom is -0.389 e. The van der Waals surface area contributed by atoms with Crippen molar-refractivity contribution in [3.05, 3.63) is 0 Å². The average Bonchev–Trinajstić information content (AvgIpc) is 2.17. The predicted octanol–water partition coefficient (Wildman–Crippen LogP) is -0.905. The molecule has 0 fully saturated rings. The number of amides is 1. The van der Waals surface area contributed by atoms with E-state index < -0.39 is 6.10 Å². The summed E-state index contributed by atoms with van der Waals surface area (Å²) in [5, 5.41) is 11.9. The van der Waals surface area contributed by atoms with E-state index in [1.807, 2.05) is 6.92 Å². The van der Waals surface area contributed by atoms with E-state index in [-0.39, 0.29) is 25.0 Å². The summed E-state index contributed by atoms with van der Waals surface area (Å²) in [6, 6.07) is 0. The predicted molar refractivity (Wildman–Crippen MR) is 53.7 cm³/mol. The Kier molecular flexibility index (Phi) is 7.37. The molecule has 0 aromatic heterocycles. The molecule has 0 saturated heterocycles. The molecule has 0 radical (unpaired) electrons. The number of hydrogen-bond acceptors (Lipinski definition) is 4. The third-order valence-corrected chi connectivity index (χ3v) is 2.02. The molecule has 0 spiro atoms. The van der Waals surface area contributed by atoms with Crippen LogP contribution in [0.3, 0.4) is 0 Å². The number of rotatable bonds is 7. The molecule has 5 heteroatoms. The van der Waals surface area contributed by atoms with Gasteiger partial charge in [-0.2, -0.15) is 0 Å². The molecular weight excluding hydrogens is 184 g/mol. The Hall–Kier alpha value is -0.650. The maximum Gasteiger partial charge on any atom is 0.224 e. The standard InChI is InChI=1S/C9H20N2O3/c1-3-7(4-10)9(13)11-5-8(12)6-14-2/h7-8,12H,3-6,10H2,1-2H3,(H,11,13). The quantitative estimate of drug-likeness (QED) is 0.501. The molecule has 0 bridgehead atoms. The summed E-state index contributed by atoms with van der Waals surface area (Å²) < 4.78 is 4.72. The Labute approximate surface area is 84.6 Å². The van der Waals surface area contributed by atoms with E-state index in [0.29, 0.717) is 13.0 Å². The maximum absolute atomic E-state index is 11.4. The molecule has 0 aliphatic carbocycles. The van der Waals surface area contributed by atoms with Crippen molar-refractivity contribution >= 4 is 5.91 Å². The van der Waals surface area contributed by atoms with Gasteiger partial charge in [-0.05, 0) is 6.42 Å². The normalized spacial score (nSPS) is 14.9. The molecule has 0 rings (SSSR count). The van der Waals surface area contributed by atoms with Gasteiger partial charge in [-0.15, -0.1) is 0 Å². The van der Waals surface area contributed by atoms with Crippen LogP contribution in [-0.4, -0.2) is 43.9 Å². The Bertz CT molecular complexity index is 160. The molecule has 2 atom stereocenters. The third-order valence-electron chi connectivity index (χ3n) is 2.02. The first-order valence-electron chi connectivity index (χ1n) is 4.80. The van der Waals surface area contributed by atoms with Gasteiger partial charge < -0.3 is 20.9 Å². The number of nitrogens with one attached hydrogen (secondary N) is 1. The maximum atomic E-state index is 11.4. The van der Waals surface area contributed by atoms with E-state index in [4.69, 9.17) is 10.5 Å². The van der Waals surface area contributed by atoms with Crippen molar-refractivity contribution in [3.8, 4) is 0 Å². The average molecular weight is 204 g/mol. The van der Waals surface area contributed by atoms with Gasteiger partial charge in [-0.3, -0.25) is 4.79 Å². The van der Waals surface area contributed by atoms with Crippen molar-refractivity contribution in [2.45, 2.75) is 19.4 Å². The van der Waals surface area contributed by atoms with Gasteiger partial charge >= 0.3 is 0 Å². The smallest absolute Gasteiger partial charge is 0.224 e. The van der Waals surface area contributed by atoms with Crippen molar-refractivity contribution < 1.29 is 14.6 Å². The monoisotopic (exact) mass is 204 g/mol. The lowest BCUT2D eigenvalue weighted by Crippen LogP contribution is -2.40. The van der Waals surface area contributed by atoms with E-state index in [2.05, 4.69) is 5.32 Å². The van der Waals surface area contributed by atoms with E-state index >= 15 is 0 Å². The van der Waals surface area contributed by atoms with Gasteiger partial charge in [-0.25, -0.2) is 0 Å². The van der Waals surface area contributed by atoms with Crippen molar-refractivity contribution in [1.29, 1.82) is 0 Å². The number of methoxy groups -OCH3 is 1. The van der Waals surface area contributed by atoms with Crippen molar-refractivity contribution in [2.24, 2.45) is 11.7 Å². The van der Waals surface area contributed by atoms with Gasteiger partial charge in [0, 0.05) is 26.1 Å². The fourth-order valence-electron chi connectivity index (χ4n) is 1.07. The van der Waals surface area contributed by atoms with Crippen LogP contribution in [0.4, 0.5) is 0 Å². The number of aliphatic hydroxyl groups excluding tert-OH is 1. The number of aliphatic hydroxyl groups is 1. The summed E-state index contributed by atoms with van der Waals surface area (Å²) in [5.41, 5.74) is 5.40. The summed E-state index contributed by atoms with van der Waals surface area (Å²) in [7, 11) is 1.50. The SMILES string of the molecule is CCC(CN)C(=O)NCC(O)COC. The van der Waals surface area contributed by atoms with Crippen LogP contribution < -0.4 is 11.1 Å². The molecule has 0 aromatic carbocycles. The second-order valence-electron chi connectivity index (χ2n) is 3.20. The van der Waals surface area contributed by atoms with Gasteiger partial charge in [0.1, 0.15) is 0 Å². The second-order valence-corrected chi connectivity index (χ2v) is 3.20. The zero-order valence-electron chi connectivity index (χ0n) is 8.82. The van der Waals surface area contributed by atoms with Crippen LogP contribution in [0.25, 0.3) is 0 Å². The van der Waals surface area contributed by atoms with Gasteiger partial charge in [-0.1, -0.05) is 6.92 Å². The minimum atomic E-state index is -0.653. The summed E-state index contributed by atoms with van der Waals surface area (Å²) in [5.74, 6) is -0.269. The van der Waals surface area contributed by atoms with Crippen LogP contribution in [0.5, 0.6) is 0 Å². The van der Waals surface area contributed by atoms with Crippen molar-refractivity contribution in [3.63, 3.8) is 0 Å². The Morgan fingerprint density at radius 3 is 2.71 bits per heavy atom. The van der Waals surface area contributed by atoms with Gasteiger partial charge in [0.25, 0.3) is 0 Å². The number of hydrogen-bond donors (Lipinski definition) is 3. The van der Waals surface area contributed by atoms with Crippen molar-refractivity contribution in [1.82, 2.24) is 5.32 Å². The molecule has 0 heterocycles. The Morgan fingerprint density at radius 2 is 2.29 bits per heavy atom. The summed E-state index contributed by atoms with van der Waals surface area (Å²) >= 11 is 0. The lowest BCUT2D eigenvalue weighted by Gasteiger charge is -2.15. The Morgan fingerprint density at radius 1 is 1.64 bits per heavy atom. The van der Waals surface area contributed by atoms with Gasteiger partial charge in [0.05, 0.1) is 12.7 Å². The van der Waals surface area contributed by atoms with Crippen molar-refractivity contribution in [2.75, 3.05) is 26.8 Å². The van der Waals surface area contributed by atoms with Crippen LogP contribution in [0.15, 0.2) is 0 Å². The Balaban J connectivity index is 3.71. The molecule has 4 N–H and O–H groups in total. The fraction of sp³-hybridized carbons (Fsp3) is 0.889. The van der Waals surface area contributed by atoms with E-state index in [9.17, 15) is 9.90 Å². The summed E-state index contributed by atoms with van der Waals surface area (Å²) in [6.07, 6.45) is 0.0575. The van der Waals surface area contributed by atoms with Gasteiger partial charge in [0.15, 0.2) is 0 Å². The third kappa shape index (κ3) is 5.16. The minimum absolute atomic E-state index is 0.106. The highest BCUT2D eigenvalue weighted by molar-refractivity contribution is 5.78.